The number of benzene rings is 1. The maximum absolute atomic E-state index is 11.9. The molecule has 3 heteroatoms. The molecule has 0 aromatic heterocycles. The fourth-order valence-electron chi connectivity index (χ4n) is 1.30. The summed E-state index contributed by atoms with van der Waals surface area (Å²) in [4.78, 5) is 0. The van der Waals surface area contributed by atoms with Crippen LogP contribution in [0.25, 0.3) is 0 Å². The highest BCUT2D eigenvalue weighted by molar-refractivity contribution is 5.37. The van der Waals surface area contributed by atoms with Crippen molar-refractivity contribution in [3.05, 3.63) is 35.4 Å². The molecule has 0 amide bonds. The van der Waals surface area contributed by atoms with Crippen molar-refractivity contribution in [3.8, 4) is 11.8 Å². The van der Waals surface area contributed by atoms with Crippen LogP contribution in [0.15, 0.2) is 24.3 Å². The van der Waals surface area contributed by atoms with Gasteiger partial charge in [0.25, 0.3) is 0 Å². The standard InChI is InChI=1S/C14H15F3/c1-13(2,3)12-8-6-11(7-9-12)5-4-10-14(15,16)17/h6-9H,10H2,1-3H3. The van der Waals surface area contributed by atoms with Gasteiger partial charge in [0.1, 0.15) is 6.42 Å². The molecule has 0 fully saturated rings. The van der Waals surface area contributed by atoms with Crippen LogP contribution in [0.1, 0.15) is 38.3 Å². The number of hydrogen-bond donors (Lipinski definition) is 0. The second-order valence-corrected chi connectivity index (χ2v) is 4.92. The summed E-state index contributed by atoms with van der Waals surface area (Å²) >= 11 is 0. The van der Waals surface area contributed by atoms with Gasteiger partial charge >= 0.3 is 6.18 Å². The molecule has 0 aliphatic carbocycles. The molecule has 1 rings (SSSR count). The van der Waals surface area contributed by atoms with Crippen molar-refractivity contribution in [3.63, 3.8) is 0 Å². The molecular weight excluding hydrogens is 225 g/mol. The van der Waals surface area contributed by atoms with Gasteiger partial charge in [-0.05, 0) is 23.1 Å². The zero-order valence-corrected chi connectivity index (χ0v) is 10.2. The van der Waals surface area contributed by atoms with E-state index in [2.05, 4.69) is 32.6 Å². The molecule has 0 heterocycles. The predicted octanol–water partition coefficient (Wildman–Crippen LogP) is 4.29. The van der Waals surface area contributed by atoms with Crippen LogP contribution in [-0.4, -0.2) is 6.18 Å². The lowest BCUT2D eigenvalue weighted by Crippen LogP contribution is -2.10. The van der Waals surface area contributed by atoms with Gasteiger partial charge in [0.05, 0.1) is 0 Å². The molecule has 17 heavy (non-hydrogen) atoms. The van der Waals surface area contributed by atoms with E-state index >= 15 is 0 Å². The molecule has 0 N–H and O–H groups in total. The molecule has 0 spiro atoms. The second kappa shape index (κ2) is 4.83. The van der Waals surface area contributed by atoms with Crippen LogP contribution in [0.3, 0.4) is 0 Å². The average molecular weight is 240 g/mol. The number of rotatable bonds is 0. The second-order valence-electron chi connectivity index (χ2n) is 4.92. The monoisotopic (exact) mass is 240 g/mol. The molecule has 1 aromatic carbocycles. The van der Waals surface area contributed by atoms with Crippen molar-refractivity contribution in [2.24, 2.45) is 0 Å². The summed E-state index contributed by atoms with van der Waals surface area (Å²) in [6, 6.07) is 7.31. The molecule has 0 aliphatic heterocycles. The third kappa shape index (κ3) is 4.95. The lowest BCUT2D eigenvalue weighted by Gasteiger charge is -2.18. The quantitative estimate of drug-likeness (QED) is 0.593. The molecule has 0 bridgehead atoms. The Bertz CT molecular complexity index is 422. The van der Waals surface area contributed by atoms with Gasteiger partial charge in [-0.3, -0.25) is 0 Å². The SMILES string of the molecule is CC(C)(C)c1ccc(C#CCC(F)(F)F)cc1. The van der Waals surface area contributed by atoms with Crippen LogP contribution in [0.4, 0.5) is 13.2 Å². The first kappa shape index (κ1) is 13.6. The predicted molar refractivity (Wildman–Crippen MR) is 62.7 cm³/mol. The van der Waals surface area contributed by atoms with Gasteiger partial charge in [-0.2, -0.15) is 13.2 Å². The minimum absolute atomic E-state index is 0.0396. The van der Waals surface area contributed by atoms with Gasteiger partial charge < -0.3 is 0 Å². The Hall–Kier alpha value is -1.43. The van der Waals surface area contributed by atoms with E-state index in [0.29, 0.717) is 5.56 Å². The summed E-state index contributed by atoms with van der Waals surface area (Å²) in [5.41, 5.74) is 1.79. The Morgan fingerprint density at radius 1 is 1.00 bits per heavy atom. The zero-order chi connectivity index (χ0) is 13.1. The fraction of sp³-hybridized carbons (Fsp3) is 0.429. The van der Waals surface area contributed by atoms with E-state index in [0.717, 1.165) is 5.56 Å². The van der Waals surface area contributed by atoms with Crippen LogP contribution in [0.5, 0.6) is 0 Å². The molecule has 0 saturated carbocycles. The number of alkyl halides is 3. The Labute approximate surface area is 99.8 Å². The zero-order valence-electron chi connectivity index (χ0n) is 10.2. The summed E-state index contributed by atoms with van der Waals surface area (Å²) in [5.74, 6) is 4.63. The van der Waals surface area contributed by atoms with Gasteiger partial charge in [-0.1, -0.05) is 44.7 Å². The van der Waals surface area contributed by atoms with Gasteiger partial charge in [0.15, 0.2) is 0 Å². The van der Waals surface area contributed by atoms with E-state index in [4.69, 9.17) is 0 Å². The molecule has 0 radical (unpaired) electrons. The maximum atomic E-state index is 11.9. The Balaban J connectivity index is 2.76. The summed E-state index contributed by atoms with van der Waals surface area (Å²) in [5, 5.41) is 0. The lowest BCUT2D eigenvalue weighted by molar-refractivity contribution is -0.123. The highest BCUT2D eigenvalue weighted by atomic mass is 19.4. The van der Waals surface area contributed by atoms with Crippen molar-refractivity contribution < 1.29 is 13.2 Å². The van der Waals surface area contributed by atoms with Crippen LogP contribution < -0.4 is 0 Å². The molecule has 0 saturated heterocycles. The molecule has 0 nitrogen and oxygen atoms in total. The molecule has 1 aromatic rings. The third-order valence-electron chi connectivity index (χ3n) is 2.27. The summed E-state index contributed by atoms with van der Waals surface area (Å²) in [6.45, 7) is 6.24. The fourth-order valence-corrected chi connectivity index (χ4v) is 1.30. The van der Waals surface area contributed by atoms with E-state index in [-0.39, 0.29) is 5.41 Å². The molecule has 0 unspecified atom stereocenters. The highest BCUT2D eigenvalue weighted by Crippen LogP contribution is 2.22. The van der Waals surface area contributed by atoms with Crippen molar-refractivity contribution in [1.82, 2.24) is 0 Å². The van der Waals surface area contributed by atoms with Gasteiger partial charge in [0, 0.05) is 5.56 Å². The topological polar surface area (TPSA) is 0 Å². The Morgan fingerprint density at radius 2 is 1.53 bits per heavy atom. The molecule has 0 aliphatic rings. The van der Waals surface area contributed by atoms with Crippen LogP contribution >= 0.6 is 0 Å². The molecule has 0 atom stereocenters. The Morgan fingerprint density at radius 3 is 1.94 bits per heavy atom. The maximum Gasteiger partial charge on any atom is 0.399 e. The summed E-state index contributed by atoms with van der Waals surface area (Å²) < 4.78 is 35.6. The number of hydrogen-bond acceptors (Lipinski definition) is 0. The van der Waals surface area contributed by atoms with Gasteiger partial charge in [-0.15, -0.1) is 0 Å². The van der Waals surface area contributed by atoms with Crippen LogP contribution in [0.2, 0.25) is 0 Å². The first-order valence-electron chi connectivity index (χ1n) is 5.35. The van der Waals surface area contributed by atoms with E-state index < -0.39 is 12.6 Å². The van der Waals surface area contributed by atoms with Crippen molar-refractivity contribution in [2.45, 2.75) is 38.8 Å². The number of halogens is 3. The average Bonchev–Trinajstić information content (AvgIpc) is 2.15. The van der Waals surface area contributed by atoms with Gasteiger partial charge in [-0.25, -0.2) is 0 Å². The summed E-state index contributed by atoms with van der Waals surface area (Å²) in [7, 11) is 0. The molecular formula is C14H15F3. The first-order chi connectivity index (χ1) is 7.68. The minimum atomic E-state index is -4.21. The summed E-state index contributed by atoms with van der Waals surface area (Å²) in [6.07, 6.45) is -5.27. The normalized spacial score (nSPS) is 11.9. The van der Waals surface area contributed by atoms with E-state index in [1.807, 2.05) is 12.1 Å². The smallest absolute Gasteiger partial charge is 0.170 e. The van der Waals surface area contributed by atoms with E-state index in [1.165, 1.54) is 0 Å². The largest absolute Gasteiger partial charge is 0.399 e. The Kier molecular flexibility index (Phi) is 3.87. The minimum Gasteiger partial charge on any atom is -0.170 e. The van der Waals surface area contributed by atoms with Crippen LogP contribution in [-0.2, 0) is 5.41 Å². The van der Waals surface area contributed by atoms with Crippen molar-refractivity contribution in [1.29, 1.82) is 0 Å². The van der Waals surface area contributed by atoms with Crippen molar-refractivity contribution >= 4 is 0 Å². The lowest BCUT2D eigenvalue weighted by atomic mass is 9.87. The highest BCUT2D eigenvalue weighted by Gasteiger charge is 2.25. The van der Waals surface area contributed by atoms with Gasteiger partial charge in [0.2, 0.25) is 0 Å². The van der Waals surface area contributed by atoms with E-state index in [9.17, 15) is 13.2 Å². The van der Waals surface area contributed by atoms with Crippen LogP contribution in [0, 0.1) is 11.8 Å². The third-order valence-corrected chi connectivity index (χ3v) is 2.27. The first-order valence-corrected chi connectivity index (χ1v) is 5.35. The van der Waals surface area contributed by atoms with E-state index in [1.54, 1.807) is 12.1 Å². The molecule has 92 valence electrons. The van der Waals surface area contributed by atoms with Crippen molar-refractivity contribution in [2.75, 3.05) is 0 Å².